The third-order valence-corrected chi connectivity index (χ3v) is 13.3. The molecule has 0 atom stereocenters. The lowest BCUT2D eigenvalue weighted by atomic mass is 10.0. The largest absolute Gasteiger partial charge is 0.456 e. The van der Waals surface area contributed by atoms with Gasteiger partial charge in [0.05, 0.1) is 33.1 Å². The standard InChI is InChI=1S/C61H37N5O/c1-3-17-38(18-4-1)39-21-15-22-42(33-39)59-62-60(64-61(63-59)49-29-16-28-47-45-25-9-12-30-51(45)65(58(47)49)44-23-5-2-6-24-44)43-36-54(57-48-27-11-14-32-55(48)67-56(57)37-43)66-52-31-13-10-26-46(52)50-34-40-19-7-8-20-41(40)35-53(50)66/h1-37H. The highest BCUT2D eigenvalue weighted by Gasteiger charge is 2.24. The van der Waals surface area contributed by atoms with Crippen LogP contribution in [0.15, 0.2) is 229 Å². The molecule has 0 aliphatic carbocycles. The fourth-order valence-corrected chi connectivity index (χ4v) is 10.3. The van der Waals surface area contributed by atoms with Gasteiger partial charge in [-0.05, 0) is 88.6 Å². The average molecular weight is 856 g/mol. The van der Waals surface area contributed by atoms with Crippen molar-refractivity contribution < 1.29 is 4.42 Å². The molecule has 67 heavy (non-hydrogen) atoms. The minimum Gasteiger partial charge on any atom is -0.456 e. The zero-order valence-corrected chi connectivity index (χ0v) is 36.0. The van der Waals surface area contributed by atoms with E-state index in [9.17, 15) is 0 Å². The molecular weight excluding hydrogens is 819 g/mol. The number of furan rings is 1. The Balaban J connectivity index is 1.08. The first kappa shape index (κ1) is 37.3. The maximum absolute atomic E-state index is 6.81. The van der Waals surface area contributed by atoms with E-state index >= 15 is 0 Å². The van der Waals surface area contributed by atoms with Crippen LogP contribution in [-0.4, -0.2) is 24.1 Å². The molecule has 0 saturated heterocycles. The Morgan fingerprint density at radius 3 is 1.72 bits per heavy atom. The highest BCUT2D eigenvalue weighted by atomic mass is 16.3. The van der Waals surface area contributed by atoms with Crippen LogP contribution in [-0.2, 0) is 0 Å². The Kier molecular flexibility index (Phi) is 8.18. The molecule has 6 heteroatoms. The summed E-state index contributed by atoms with van der Waals surface area (Å²) < 4.78 is 11.5. The molecule has 0 saturated carbocycles. The van der Waals surface area contributed by atoms with Crippen molar-refractivity contribution in [2.45, 2.75) is 0 Å². The van der Waals surface area contributed by atoms with Gasteiger partial charge in [-0.1, -0.05) is 158 Å². The summed E-state index contributed by atoms with van der Waals surface area (Å²) in [6.45, 7) is 0. The van der Waals surface area contributed by atoms with Gasteiger partial charge < -0.3 is 13.6 Å². The van der Waals surface area contributed by atoms with Gasteiger partial charge in [-0.25, -0.2) is 15.0 Å². The van der Waals surface area contributed by atoms with Gasteiger partial charge in [-0.3, -0.25) is 0 Å². The molecule has 6 nitrogen and oxygen atoms in total. The summed E-state index contributed by atoms with van der Waals surface area (Å²) in [6.07, 6.45) is 0. The summed E-state index contributed by atoms with van der Waals surface area (Å²) in [4.78, 5) is 16.3. The third-order valence-electron chi connectivity index (χ3n) is 13.3. The van der Waals surface area contributed by atoms with Crippen LogP contribution < -0.4 is 0 Å². The second kappa shape index (κ2) is 14.7. The molecule has 312 valence electrons. The lowest BCUT2D eigenvalue weighted by Gasteiger charge is -2.14. The van der Waals surface area contributed by atoms with Gasteiger partial charge >= 0.3 is 0 Å². The van der Waals surface area contributed by atoms with E-state index < -0.39 is 0 Å². The Labute approximate surface area is 384 Å². The van der Waals surface area contributed by atoms with E-state index in [0.717, 1.165) is 94.0 Å². The molecule has 0 N–H and O–H groups in total. The fourth-order valence-electron chi connectivity index (χ4n) is 10.3. The molecule has 14 rings (SSSR count). The van der Waals surface area contributed by atoms with E-state index in [1.807, 2.05) is 18.2 Å². The van der Waals surface area contributed by atoms with E-state index in [2.05, 4.69) is 215 Å². The normalized spacial score (nSPS) is 11.9. The van der Waals surface area contributed by atoms with Gasteiger partial charge in [-0.15, -0.1) is 0 Å². The van der Waals surface area contributed by atoms with Crippen LogP contribution >= 0.6 is 0 Å². The van der Waals surface area contributed by atoms with Crippen molar-refractivity contribution in [1.82, 2.24) is 24.1 Å². The molecule has 0 spiro atoms. The van der Waals surface area contributed by atoms with Crippen molar-refractivity contribution in [2.75, 3.05) is 0 Å². The molecule has 0 radical (unpaired) electrons. The molecule has 4 heterocycles. The molecular formula is C61H37N5O. The summed E-state index contributed by atoms with van der Waals surface area (Å²) in [5.74, 6) is 1.69. The smallest absolute Gasteiger partial charge is 0.166 e. The van der Waals surface area contributed by atoms with Gasteiger partial charge in [0, 0.05) is 49.3 Å². The third kappa shape index (κ3) is 5.86. The quantitative estimate of drug-likeness (QED) is 0.167. The Morgan fingerprint density at radius 1 is 0.328 bits per heavy atom. The lowest BCUT2D eigenvalue weighted by molar-refractivity contribution is 0.669. The second-order valence-corrected chi connectivity index (χ2v) is 17.2. The first-order valence-corrected chi connectivity index (χ1v) is 22.6. The highest BCUT2D eigenvalue weighted by molar-refractivity contribution is 6.17. The van der Waals surface area contributed by atoms with E-state index in [0.29, 0.717) is 17.5 Å². The Morgan fingerprint density at radius 2 is 0.910 bits per heavy atom. The number of para-hydroxylation sites is 5. The van der Waals surface area contributed by atoms with Crippen LogP contribution in [0.5, 0.6) is 0 Å². The van der Waals surface area contributed by atoms with Gasteiger partial charge in [0.1, 0.15) is 11.2 Å². The number of aromatic nitrogens is 5. The minimum absolute atomic E-state index is 0.541. The molecule has 14 aromatic rings. The van der Waals surface area contributed by atoms with E-state index in [-0.39, 0.29) is 0 Å². The van der Waals surface area contributed by atoms with Crippen molar-refractivity contribution in [3.63, 3.8) is 0 Å². The van der Waals surface area contributed by atoms with E-state index in [1.165, 1.54) is 21.5 Å². The number of rotatable bonds is 6. The lowest BCUT2D eigenvalue weighted by Crippen LogP contribution is -2.03. The molecule has 4 aromatic heterocycles. The van der Waals surface area contributed by atoms with Crippen LogP contribution in [0.4, 0.5) is 0 Å². The Bertz CT molecular complexity index is 4280. The van der Waals surface area contributed by atoms with Crippen LogP contribution in [0, 0.1) is 0 Å². The molecule has 0 bridgehead atoms. The van der Waals surface area contributed by atoms with E-state index in [1.54, 1.807) is 0 Å². The van der Waals surface area contributed by atoms with Crippen molar-refractivity contribution >= 4 is 76.3 Å². The zero-order chi connectivity index (χ0) is 44.0. The van der Waals surface area contributed by atoms with Gasteiger partial charge in [0.2, 0.25) is 0 Å². The van der Waals surface area contributed by atoms with Gasteiger partial charge in [-0.2, -0.15) is 0 Å². The minimum atomic E-state index is 0.541. The summed E-state index contributed by atoms with van der Waals surface area (Å²) in [5.41, 5.74) is 12.8. The van der Waals surface area contributed by atoms with Crippen molar-refractivity contribution in [3.8, 4) is 56.7 Å². The summed E-state index contributed by atoms with van der Waals surface area (Å²) in [5, 5.41) is 9.09. The maximum Gasteiger partial charge on any atom is 0.166 e. The molecule has 0 aliphatic heterocycles. The molecule has 0 aliphatic rings. The molecule has 10 aromatic carbocycles. The van der Waals surface area contributed by atoms with Gasteiger partial charge in [0.25, 0.3) is 0 Å². The topological polar surface area (TPSA) is 61.7 Å². The molecule has 0 amide bonds. The van der Waals surface area contributed by atoms with Crippen molar-refractivity contribution in [3.05, 3.63) is 224 Å². The predicted molar refractivity (Wildman–Crippen MR) is 275 cm³/mol. The first-order chi connectivity index (χ1) is 33.2. The Hall–Kier alpha value is -9.13. The number of hydrogen-bond acceptors (Lipinski definition) is 4. The molecule has 0 fully saturated rings. The highest BCUT2D eigenvalue weighted by Crippen LogP contribution is 2.43. The van der Waals surface area contributed by atoms with Crippen LogP contribution in [0.3, 0.4) is 0 Å². The first-order valence-electron chi connectivity index (χ1n) is 22.6. The van der Waals surface area contributed by atoms with E-state index in [4.69, 9.17) is 19.4 Å². The summed E-state index contributed by atoms with van der Waals surface area (Å²) >= 11 is 0. The fraction of sp³-hybridized carbons (Fsp3) is 0. The predicted octanol–water partition coefficient (Wildman–Crippen LogP) is 15.8. The maximum atomic E-state index is 6.81. The van der Waals surface area contributed by atoms with Crippen molar-refractivity contribution in [1.29, 1.82) is 0 Å². The number of fused-ring (bicyclic) bond motifs is 10. The summed E-state index contributed by atoms with van der Waals surface area (Å²) in [7, 11) is 0. The average Bonchev–Trinajstić information content (AvgIpc) is 4.06. The zero-order valence-electron chi connectivity index (χ0n) is 36.0. The van der Waals surface area contributed by atoms with Crippen molar-refractivity contribution in [2.24, 2.45) is 0 Å². The summed E-state index contributed by atoms with van der Waals surface area (Å²) in [6, 6.07) is 79.1. The SMILES string of the molecule is c1ccc(-c2cccc(-c3nc(-c4cc(-n5c6ccccc6c6cc7ccccc7cc65)c5c(c4)oc4ccccc45)nc(-c4cccc5c6ccccc6n(-c6ccccc6)c45)n3)c2)cc1. The second-order valence-electron chi connectivity index (χ2n) is 17.2. The van der Waals surface area contributed by atoms with Gasteiger partial charge in [0.15, 0.2) is 17.5 Å². The van der Waals surface area contributed by atoms with Crippen LogP contribution in [0.1, 0.15) is 0 Å². The number of nitrogens with zero attached hydrogens (tertiary/aromatic N) is 5. The number of benzene rings is 10. The van der Waals surface area contributed by atoms with Crippen LogP contribution in [0.2, 0.25) is 0 Å². The monoisotopic (exact) mass is 855 g/mol. The number of hydrogen-bond donors (Lipinski definition) is 0. The molecule has 0 unspecified atom stereocenters. The van der Waals surface area contributed by atoms with Crippen LogP contribution in [0.25, 0.3) is 133 Å².